The molecule has 0 unspecified atom stereocenters. The standard InChI is InChI=1S/C20H21N5O3S/c1-12-9-16(13(2)25(12)20-22-7-8-29-20)19(28)23-10-14-3-5-15(6-4-14)18(27)24-11-17(21)26/h3-9H,10-11H2,1-2H3,(H2,21,26)(H,23,28)(H,24,27). The fourth-order valence-electron chi connectivity index (χ4n) is 2.93. The molecule has 4 N–H and O–H groups in total. The monoisotopic (exact) mass is 411 g/mol. The van der Waals surface area contributed by atoms with Gasteiger partial charge in [0.2, 0.25) is 5.91 Å². The Kier molecular flexibility index (Phi) is 6.08. The second-order valence-electron chi connectivity index (χ2n) is 6.46. The Hall–Kier alpha value is -3.46. The van der Waals surface area contributed by atoms with Gasteiger partial charge in [0.25, 0.3) is 11.8 Å². The van der Waals surface area contributed by atoms with E-state index >= 15 is 0 Å². The Morgan fingerprint density at radius 1 is 1.10 bits per heavy atom. The van der Waals surface area contributed by atoms with Crippen LogP contribution in [0, 0.1) is 13.8 Å². The third-order valence-electron chi connectivity index (χ3n) is 4.38. The number of hydrogen-bond acceptors (Lipinski definition) is 5. The van der Waals surface area contributed by atoms with Crippen LogP contribution in [-0.4, -0.2) is 33.8 Å². The van der Waals surface area contributed by atoms with Crippen LogP contribution >= 0.6 is 11.3 Å². The van der Waals surface area contributed by atoms with E-state index in [1.165, 1.54) is 11.3 Å². The quantitative estimate of drug-likeness (QED) is 0.548. The van der Waals surface area contributed by atoms with Crippen molar-refractivity contribution in [3.8, 4) is 5.13 Å². The first kappa shape index (κ1) is 20.3. The maximum atomic E-state index is 12.6. The number of primary amides is 1. The van der Waals surface area contributed by atoms with Crippen molar-refractivity contribution in [1.29, 1.82) is 0 Å². The van der Waals surface area contributed by atoms with Gasteiger partial charge in [-0.05, 0) is 37.6 Å². The number of aryl methyl sites for hydroxylation is 1. The highest BCUT2D eigenvalue weighted by Gasteiger charge is 2.17. The van der Waals surface area contributed by atoms with Crippen molar-refractivity contribution in [1.82, 2.24) is 20.2 Å². The summed E-state index contributed by atoms with van der Waals surface area (Å²) in [6.45, 7) is 3.94. The predicted molar refractivity (Wildman–Crippen MR) is 110 cm³/mol. The summed E-state index contributed by atoms with van der Waals surface area (Å²) in [4.78, 5) is 39.6. The predicted octanol–water partition coefficient (Wildman–Crippen LogP) is 1.70. The minimum atomic E-state index is -0.605. The van der Waals surface area contributed by atoms with E-state index in [4.69, 9.17) is 5.73 Å². The van der Waals surface area contributed by atoms with Gasteiger partial charge in [-0.15, -0.1) is 11.3 Å². The van der Waals surface area contributed by atoms with Crippen molar-refractivity contribution in [2.45, 2.75) is 20.4 Å². The molecule has 0 atom stereocenters. The average Bonchev–Trinajstić information content (AvgIpc) is 3.32. The Bertz CT molecular complexity index is 1040. The van der Waals surface area contributed by atoms with Crippen LogP contribution in [0.4, 0.5) is 0 Å². The van der Waals surface area contributed by atoms with Gasteiger partial charge in [-0.3, -0.25) is 19.0 Å². The van der Waals surface area contributed by atoms with Crippen LogP contribution in [0.5, 0.6) is 0 Å². The summed E-state index contributed by atoms with van der Waals surface area (Å²) in [6, 6.07) is 8.60. The second kappa shape index (κ2) is 8.70. The largest absolute Gasteiger partial charge is 0.368 e. The van der Waals surface area contributed by atoms with Crippen molar-refractivity contribution in [2.75, 3.05) is 6.54 Å². The molecule has 0 fully saturated rings. The molecule has 2 aromatic heterocycles. The molecule has 0 bridgehead atoms. The van der Waals surface area contributed by atoms with E-state index in [0.717, 1.165) is 22.1 Å². The molecule has 0 aliphatic heterocycles. The lowest BCUT2D eigenvalue weighted by molar-refractivity contribution is -0.117. The van der Waals surface area contributed by atoms with E-state index in [2.05, 4.69) is 15.6 Å². The lowest BCUT2D eigenvalue weighted by Gasteiger charge is -2.08. The summed E-state index contributed by atoms with van der Waals surface area (Å²) >= 11 is 1.51. The SMILES string of the molecule is Cc1cc(C(=O)NCc2ccc(C(=O)NCC(N)=O)cc2)c(C)n1-c1nccs1. The number of benzene rings is 1. The molecule has 3 amide bonds. The van der Waals surface area contributed by atoms with E-state index in [-0.39, 0.29) is 18.4 Å². The molecule has 9 heteroatoms. The molecule has 0 saturated carbocycles. The summed E-state index contributed by atoms with van der Waals surface area (Å²) < 4.78 is 1.96. The smallest absolute Gasteiger partial charge is 0.253 e. The Balaban J connectivity index is 1.63. The number of hydrogen-bond donors (Lipinski definition) is 3. The van der Waals surface area contributed by atoms with Crippen LogP contribution in [0.1, 0.15) is 37.7 Å². The molecular formula is C20H21N5O3S. The number of nitrogens with zero attached hydrogens (tertiary/aromatic N) is 2. The second-order valence-corrected chi connectivity index (χ2v) is 7.34. The van der Waals surface area contributed by atoms with Gasteiger partial charge in [0.15, 0.2) is 5.13 Å². The van der Waals surface area contributed by atoms with Crippen LogP contribution in [0.15, 0.2) is 41.9 Å². The Morgan fingerprint density at radius 2 is 1.83 bits per heavy atom. The number of nitrogens with one attached hydrogen (secondary N) is 2. The summed E-state index contributed by atoms with van der Waals surface area (Å²) in [5.74, 6) is -1.16. The van der Waals surface area contributed by atoms with Crippen LogP contribution in [0.2, 0.25) is 0 Å². The number of aromatic nitrogens is 2. The highest BCUT2D eigenvalue weighted by molar-refractivity contribution is 7.12. The van der Waals surface area contributed by atoms with E-state index < -0.39 is 5.91 Å². The molecule has 0 aliphatic carbocycles. The molecule has 1 aromatic carbocycles. The first-order chi connectivity index (χ1) is 13.9. The first-order valence-electron chi connectivity index (χ1n) is 8.89. The van der Waals surface area contributed by atoms with Gasteiger partial charge in [-0.25, -0.2) is 4.98 Å². The highest BCUT2D eigenvalue weighted by Crippen LogP contribution is 2.22. The molecule has 2 heterocycles. The van der Waals surface area contributed by atoms with Crippen LogP contribution in [-0.2, 0) is 11.3 Å². The van der Waals surface area contributed by atoms with Crippen molar-refractivity contribution in [2.24, 2.45) is 5.73 Å². The molecule has 0 aliphatic rings. The Labute approximate surface area is 171 Å². The molecule has 3 aromatic rings. The van der Waals surface area contributed by atoms with Gasteiger partial charge < -0.3 is 16.4 Å². The highest BCUT2D eigenvalue weighted by atomic mass is 32.1. The van der Waals surface area contributed by atoms with Crippen molar-refractivity contribution < 1.29 is 14.4 Å². The molecule has 3 rings (SSSR count). The molecule has 29 heavy (non-hydrogen) atoms. The third kappa shape index (κ3) is 4.69. The summed E-state index contributed by atoms with van der Waals surface area (Å²) in [6.07, 6.45) is 1.73. The molecule has 8 nitrogen and oxygen atoms in total. The maximum Gasteiger partial charge on any atom is 0.253 e. The normalized spacial score (nSPS) is 10.6. The molecule has 0 spiro atoms. The van der Waals surface area contributed by atoms with E-state index in [1.54, 1.807) is 30.5 Å². The van der Waals surface area contributed by atoms with Crippen molar-refractivity contribution >= 4 is 29.1 Å². The van der Waals surface area contributed by atoms with Crippen molar-refractivity contribution in [3.63, 3.8) is 0 Å². The molecule has 0 radical (unpaired) electrons. The Morgan fingerprint density at radius 3 is 2.45 bits per heavy atom. The van der Waals surface area contributed by atoms with Gasteiger partial charge in [-0.1, -0.05) is 12.1 Å². The molecular weight excluding hydrogens is 390 g/mol. The first-order valence-corrected chi connectivity index (χ1v) is 9.77. The van der Waals surface area contributed by atoms with E-state index in [0.29, 0.717) is 17.7 Å². The summed E-state index contributed by atoms with van der Waals surface area (Å²) in [7, 11) is 0. The summed E-state index contributed by atoms with van der Waals surface area (Å²) in [5, 5.41) is 8.04. The summed E-state index contributed by atoms with van der Waals surface area (Å²) in [5.41, 5.74) is 8.63. The lowest BCUT2D eigenvalue weighted by Crippen LogP contribution is -2.33. The average molecular weight is 411 g/mol. The number of rotatable bonds is 7. The topological polar surface area (TPSA) is 119 Å². The zero-order valence-electron chi connectivity index (χ0n) is 16.1. The van der Waals surface area contributed by atoms with Gasteiger partial charge in [0.1, 0.15) is 0 Å². The fourth-order valence-corrected chi connectivity index (χ4v) is 3.69. The molecule has 150 valence electrons. The zero-order valence-corrected chi connectivity index (χ0v) is 16.9. The minimum absolute atomic E-state index is 0.177. The number of amides is 3. The van der Waals surface area contributed by atoms with Gasteiger partial charge in [0.05, 0.1) is 12.1 Å². The maximum absolute atomic E-state index is 12.6. The van der Waals surface area contributed by atoms with Gasteiger partial charge in [0, 0.05) is 35.1 Å². The van der Waals surface area contributed by atoms with Crippen LogP contribution in [0.3, 0.4) is 0 Å². The zero-order chi connectivity index (χ0) is 21.0. The fraction of sp³-hybridized carbons (Fsp3) is 0.200. The lowest BCUT2D eigenvalue weighted by atomic mass is 10.1. The van der Waals surface area contributed by atoms with Gasteiger partial charge >= 0.3 is 0 Å². The number of thiazole rings is 1. The van der Waals surface area contributed by atoms with Gasteiger partial charge in [-0.2, -0.15) is 0 Å². The van der Waals surface area contributed by atoms with E-state index in [1.807, 2.05) is 29.9 Å². The van der Waals surface area contributed by atoms with Crippen LogP contribution in [0.25, 0.3) is 5.13 Å². The van der Waals surface area contributed by atoms with E-state index in [9.17, 15) is 14.4 Å². The molecule has 0 saturated heterocycles. The number of carbonyl (C=O) groups is 3. The van der Waals surface area contributed by atoms with Crippen molar-refractivity contribution in [3.05, 3.63) is 70.0 Å². The van der Waals surface area contributed by atoms with Crippen LogP contribution < -0.4 is 16.4 Å². The number of nitrogens with two attached hydrogens (primary N) is 1. The minimum Gasteiger partial charge on any atom is -0.368 e. The third-order valence-corrected chi connectivity index (χ3v) is 5.14. The number of carbonyl (C=O) groups excluding carboxylic acids is 3.